The SMILES string of the molecule is NC(c1ccc2c(c1)OCCCO2)c1ccc(F)cc1Cl. The average molecular weight is 308 g/mol. The monoisotopic (exact) mass is 307 g/mol. The van der Waals surface area contributed by atoms with Crippen molar-refractivity contribution in [1.82, 2.24) is 0 Å². The standard InChI is InChI=1S/C16H15ClFNO2/c17-13-9-11(18)3-4-12(13)16(19)10-2-5-14-15(8-10)21-7-1-6-20-14/h2-5,8-9,16H,1,6-7,19H2. The van der Waals surface area contributed by atoms with E-state index in [1.165, 1.54) is 12.1 Å². The predicted molar refractivity (Wildman–Crippen MR) is 79.5 cm³/mol. The Kier molecular flexibility index (Phi) is 3.99. The quantitative estimate of drug-likeness (QED) is 0.920. The molecule has 0 saturated carbocycles. The van der Waals surface area contributed by atoms with E-state index in [9.17, 15) is 4.39 Å². The van der Waals surface area contributed by atoms with Gasteiger partial charge in [-0.05, 0) is 35.4 Å². The Balaban J connectivity index is 1.94. The summed E-state index contributed by atoms with van der Waals surface area (Å²) in [5.41, 5.74) is 7.75. The number of halogens is 2. The normalized spacial score (nSPS) is 15.4. The van der Waals surface area contributed by atoms with Gasteiger partial charge in [0, 0.05) is 11.4 Å². The maximum absolute atomic E-state index is 13.1. The van der Waals surface area contributed by atoms with Gasteiger partial charge in [0.05, 0.1) is 19.3 Å². The van der Waals surface area contributed by atoms with Gasteiger partial charge in [-0.1, -0.05) is 23.7 Å². The van der Waals surface area contributed by atoms with E-state index in [0.717, 1.165) is 12.0 Å². The van der Waals surface area contributed by atoms with Crippen LogP contribution < -0.4 is 15.2 Å². The van der Waals surface area contributed by atoms with E-state index in [4.69, 9.17) is 26.8 Å². The summed E-state index contributed by atoms with van der Waals surface area (Å²) in [4.78, 5) is 0. The fourth-order valence-corrected chi connectivity index (χ4v) is 2.59. The van der Waals surface area contributed by atoms with Crippen LogP contribution in [0.15, 0.2) is 36.4 Å². The van der Waals surface area contributed by atoms with Crippen LogP contribution in [-0.2, 0) is 0 Å². The van der Waals surface area contributed by atoms with Gasteiger partial charge < -0.3 is 15.2 Å². The molecule has 2 aromatic carbocycles. The van der Waals surface area contributed by atoms with Crippen LogP contribution in [0.4, 0.5) is 4.39 Å². The molecule has 2 N–H and O–H groups in total. The fourth-order valence-electron chi connectivity index (χ4n) is 2.31. The number of nitrogens with two attached hydrogens (primary N) is 1. The molecule has 5 heteroatoms. The molecule has 0 bridgehead atoms. The van der Waals surface area contributed by atoms with Crippen molar-refractivity contribution < 1.29 is 13.9 Å². The molecule has 21 heavy (non-hydrogen) atoms. The minimum Gasteiger partial charge on any atom is -0.490 e. The Hall–Kier alpha value is -1.78. The smallest absolute Gasteiger partial charge is 0.161 e. The van der Waals surface area contributed by atoms with E-state index >= 15 is 0 Å². The molecule has 1 heterocycles. The lowest BCUT2D eigenvalue weighted by atomic mass is 9.99. The summed E-state index contributed by atoms with van der Waals surface area (Å²) in [6.45, 7) is 1.26. The van der Waals surface area contributed by atoms with Crippen LogP contribution in [0.2, 0.25) is 5.02 Å². The number of fused-ring (bicyclic) bond motifs is 1. The molecule has 0 amide bonds. The first kappa shape index (κ1) is 14.2. The first-order valence-corrected chi connectivity index (χ1v) is 7.13. The van der Waals surface area contributed by atoms with Crippen molar-refractivity contribution in [2.75, 3.05) is 13.2 Å². The van der Waals surface area contributed by atoms with Crippen molar-refractivity contribution in [3.05, 3.63) is 58.4 Å². The lowest BCUT2D eigenvalue weighted by molar-refractivity contribution is 0.297. The van der Waals surface area contributed by atoms with E-state index in [0.29, 0.717) is 35.3 Å². The number of benzene rings is 2. The van der Waals surface area contributed by atoms with Gasteiger partial charge in [0.25, 0.3) is 0 Å². The lowest BCUT2D eigenvalue weighted by Gasteiger charge is -2.16. The third kappa shape index (κ3) is 2.96. The van der Waals surface area contributed by atoms with E-state index in [-0.39, 0.29) is 5.82 Å². The third-order valence-corrected chi connectivity index (χ3v) is 3.76. The van der Waals surface area contributed by atoms with Crippen molar-refractivity contribution in [1.29, 1.82) is 0 Å². The summed E-state index contributed by atoms with van der Waals surface area (Å²) in [5, 5.41) is 0.314. The zero-order chi connectivity index (χ0) is 14.8. The summed E-state index contributed by atoms with van der Waals surface area (Å²) in [5.74, 6) is 1.02. The maximum atomic E-state index is 13.1. The van der Waals surface area contributed by atoms with E-state index in [2.05, 4.69) is 0 Å². The van der Waals surface area contributed by atoms with Gasteiger partial charge in [-0.3, -0.25) is 0 Å². The number of hydrogen-bond donors (Lipinski definition) is 1. The molecule has 1 atom stereocenters. The number of rotatable bonds is 2. The van der Waals surface area contributed by atoms with Gasteiger partial charge in [-0.2, -0.15) is 0 Å². The molecule has 0 aromatic heterocycles. The van der Waals surface area contributed by atoms with E-state index in [1.807, 2.05) is 18.2 Å². The van der Waals surface area contributed by atoms with Crippen molar-refractivity contribution >= 4 is 11.6 Å². The Morgan fingerprint density at radius 1 is 1.05 bits per heavy atom. The summed E-state index contributed by atoms with van der Waals surface area (Å²) >= 11 is 6.07. The molecule has 2 aromatic rings. The first-order chi connectivity index (χ1) is 10.1. The van der Waals surface area contributed by atoms with Crippen LogP contribution in [-0.4, -0.2) is 13.2 Å². The van der Waals surface area contributed by atoms with Gasteiger partial charge >= 0.3 is 0 Å². The minimum absolute atomic E-state index is 0.314. The summed E-state index contributed by atoms with van der Waals surface area (Å²) < 4.78 is 24.4. The second-order valence-electron chi connectivity index (χ2n) is 4.90. The predicted octanol–water partition coefficient (Wildman–Crippen LogP) is 3.69. The highest BCUT2D eigenvalue weighted by molar-refractivity contribution is 6.31. The number of hydrogen-bond acceptors (Lipinski definition) is 3. The second kappa shape index (κ2) is 5.92. The molecule has 3 rings (SSSR count). The molecule has 0 aliphatic carbocycles. The molecule has 0 radical (unpaired) electrons. The topological polar surface area (TPSA) is 44.5 Å². The molecule has 0 spiro atoms. The van der Waals surface area contributed by atoms with Gasteiger partial charge in [0.2, 0.25) is 0 Å². The van der Waals surface area contributed by atoms with Crippen molar-refractivity contribution in [3.8, 4) is 11.5 Å². The summed E-state index contributed by atoms with van der Waals surface area (Å²) in [6, 6.07) is 9.33. The summed E-state index contributed by atoms with van der Waals surface area (Å²) in [7, 11) is 0. The van der Waals surface area contributed by atoms with Gasteiger partial charge in [0.15, 0.2) is 11.5 Å². The van der Waals surface area contributed by atoms with Crippen LogP contribution in [0.25, 0.3) is 0 Å². The fraction of sp³-hybridized carbons (Fsp3) is 0.250. The molecule has 3 nitrogen and oxygen atoms in total. The zero-order valence-corrected chi connectivity index (χ0v) is 12.1. The highest BCUT2D eigenvalue weighted by Crippen LogP contribution is 2.34. The molecule has 1 aliphatic heterocycles. The highest BCUT2D eigenvalue weighted by atomic mass is 35.5. The van der Waals surface area contributed by atoms with Crippen molar-refractivity contribution in [2.45, 2.75) is 12.5 Å². The molecule has 0 saturated heterocycles. The Bertz CT molecular complexity index is 663. The average Bonchev–Trinajstić information content (AvgIpc) is 2.71. The van der Waals surface area contributed by atoms with Crippen LogP contribution in [0, 0.1) is 5.82 Å². The maximum Gasteiger partial charge on any atom is 0.161 e. The van der Waals surface area contributed by atoms with Crippen LogP contribution >= 0.6 is 11.6 Å². The second-order valence-corrected chi connectivity index (χ2v) is 5.31. The molecule has 1 aliphatic rings. The Morgan fingerprint density at radius 3 is 2.57 bits per heavy atom. The molecule has 110 valence electrons. The van der Waals surface area contributed by atoms with Crippen LogP contribution in [0.1, 0.15) is 23.6 Å². The van der Waals surface area contributed by atoms with E-state index < -0.39 is 6.04 Å². The molecule has 0 fully saturated rings. The minimum atomic E-state index is -0.449. The van der Waals surface area contributed by atoms with Gasteiger partial charge in [-0.25, -0.2) is 4.39 Å². The highest BCUT2D eigenvalue weighted by Gasteiger charge is 2.17. The lowest BCUT2D eigenvalue weighted by Crippen LogP contribution is -2.12. The van der Waals surface area contributed by atoms with Gasteiger partial charge in [-0.15, -0.1) is 0 Å². The van der Waals surface area contributed by atoms with Crippen molar-refractivity contribution in [3.63, 3.8) is 0 Å². The molecular weight excluding hydrogens is 293 g/mol. The number of ether oxygens (including phenoxy) is 2. The van der Waals surface area contributed by atoms with Crippen LogP contribution in [0.3, 0.4) is 0 Å². The molecule has 1 unspecified atom stereocenters. The Morgan fingerprint density at radius 2 is 1.81 bits per heavy atom. The summed E-state index contributed by atoms with van der Waals surface area (Å²) in [6.07, 6.45) is 0.847. The van der Waals surface area contributed by atoms with Gasteiger partial charge in [0.1, 0.15) is 5.82 Å². The Labute approximate surface area is 127 Å². The van der Waals surface area contributed by atoms with Crippen LogP contribution in [0.5, 0.6) is 11.5 Å². The largest absolute Gasteiger partial charge is 0.490 e. The molecular formula is C16H15ClFNO2. The zero-order valence-electron chi connectivity index (χ0n) is 11.3. The third-order valence-electron chi connectivity index (χ3n) is 3.43. The first-order valence-electron chi connectivity index (χ1n) is 6.75. The van der Waals surface area contributed by atoms with E-state index in [1.54, 1.807) is 6.07 Å². The van der Waals surface area contributed by atoms with Crippen molar-refractivity contribution in [2.24, 2.45) is 5.73 Å².